The summed E-state index contributed by atoms with van der Waals surface area (Å²) in [5.41, 5.74) is 5.00. The van der Waals surface area contributed by atoms with Crippen LogP contribution < -0.4 is 5.43 Å². The highest BCUT2D eigenvalue weighted by atomic mass is 35.5. The van der Waals surface area contributed by atoms with Crippen LogP contribution in [-0.2, 0) is 4.74 Å². The van der Waals surface area contributed by atoms with Gasteiger partial charge < -0.3 is 9.15 Å². The molecule has 1 N–H and O–H groups in total. The Morgan fingerprint density at radius 3 is 2.77 bits per heavy atom. The molecule has 26 heavy (non-hydrogen) atoms. The van der Waals surface area contributed by atoms with E-state index in [-0.39, 0.29) is 5.97 Å². The van der Waals surface area contributed by atoms with Crippen LogP contribution in [0.3, 0.4) is 0 Å². The standard InChI is InChI=1S/C20H17ClN2O3/c1-2-25-20(24)15-5-3-4-14(12-15)19-11-10-18(26-19)13-22-23-17-8-6-16(21)7-9-17/h3-13,23H,2H2,1H3/b22-13+. The summed E-state index contributed by atoms with van der Waals surface area (Å²) in [6, 6.07) is 18.0. The number of carbonyl (C=O) groups is 1. The van der Waals surface area contributed by atoms with Gasteiger partial charge in [0.2, 0.25) is 0 Å². The molecule has 1 heterocycles. The number of carbonyl (C=O) groups excluding carboxylic acids is 1. The molecule has 0 saturated heterocycles. The van der Waals surface area contributed by atoms with E-state index in [1.807, 2.05) is 24.3 Å². The first-order valence-electron chi connectivity index (χ1n) is 8.08. The summed E-state index contributed by atoms with van der Waals surface area (Å²) < 4.78 is 10.8. The number of nitrogens with zero attached hydrogens (tertiary/aromatic N) is 1. The molecule has 5 nitrogen and oxygen atoms in total. The van der Waals surface area contributed by atoms with Gasteiger partial charge in [0.1, 0.15) is 11.5 Å². The van der Waals surface area contributed by atoms with Crippen molar-refractivity contribution in [1.29, 1.82) is 0 Å². The molecule has 132 valence electrons. The first-order chi connectivity index (χ1) is 12.7. The van der Waals surface area contributed by atoms with Crippen LogP contribution >= 0.6 is 11.6 Å². The van der Waals surface area contributed by atoms with Crippen LogP contribution in [0.1, 0.15) is 23.0 Å². The lowest BCUT2D eigenvalue weighted by molar-refractivity contribution is 0.0526. The van der Waals surface area contributed by atoms with Crippen molar-refractivity contribution >= 4 is 29.5 Å². The molecule has 0 radical (unpaired) electrons. The number of anilines is 1. The molecule has 2 aromatic carbocycles. The van der Waals surface area contributed by atoms with E-state index >= 15 is 0 Å². The van der Waals surface area contributed by atoms with Gasteiger partial charge in [-0.3, -0.25) is 5.43 Å². The van der Waals surface area contributed by atoms with Crippen molar-refractivity contribution in [3.8, 4) is 11.3 Å². The second-order valence-electron chi connectivity index (χ2n) is 5.38. The topological polar surface area (TPSA) is 63.8 Å². The van der Waals surface area contributed by atoms with Crippen LogP contribution in [0, 0.1) is 0 Å². The Morgan fingerprint density at radius 1 is 1.19 bits per heavy atom. The molecule has 0 aliphatic rings. The second kappa shape index (κ2) is 8.36. The van der Waals surface area contributed by atoms with E-state index in [2.05, 4.69) is 10.5 Å². The first kappa shape index (κ1) is 17.8. The number of benzene rings is 2. The Balaban J connectivity index is 1.69. The van der Waals surface area contributed by atoms with Crippen molar-refractivity contribution in [2.75, 3.05) is 12.0 Å². The quantitative estimate of drug-likeness (QED) is 0.368. The molecule has 1 aromatic heterocycles. The Morgan fingerprint density at radius 2 is 2.00 bits per heavy atom. The summed E-state index contributed by atoms with van der Waals surface area (Å²) in [7, 11) is 0. The zero-order valence-electron chi connectivity index (χ0n) is 14.1. The number of furan rings is 1. The maximum absolute atomic E-state index is 11.8. The molecule has 0 bridgehead atoms. The van der Waals surface area contributed by atoms with Crippen molar-refractivity contribution < 1.29 is 13.9 Å². The molecule has 0 fully saturated rings. The Kier molecular flexibility index (Phi) is 5.71. The zero-order valence-corrected chi connectivity index (χ0v) is 14.9. The van der Waals surface area contributed by atoms with Crippen LogP contribution in [0.25, 0.3) is 11.3 Å². The summed E-state index contributed by atoms with van der Waals surface area (Å²) in [6.45, 7) is 2.11. The number of halogens is 1. The number of nitrogens with one attached hydrogen (secondary N) is 1. The van der Waals surface area contributed by atoms with Crippen molar-refractivity contribution in [3.05, 3.63) is 77.0 Å². The van der Waals surface area contributed by atoms with Crippen LogP contribution in [0.15, 0.2) is 70.2 Å². The summed E-state index contributed by atoms with van der Waals surface area (Å²) >= 11 is 5.84. The number of esters is 1. The summed E-state index contributed by atoms with van der Waals surface area (Å²) in [5.74, 6) is 0.877. The predicted octanol–water partition coefficient (Wildman–Crippen LogP) is 5.22. The lowest BCUT2D eigenvalue weighted by Gasteiger charge is -2.03. The molecule has 0 amide bonds. The molecular weight excluding hydrogens is 352 g/mol. The number of hydrogen-bond acceptors (Lipinski definition) is 5. The Labute approximate surface area is 156 Å². The third kappa shape index (κ3) is 4.52. The van der Waals surface area contributed by atoms with E-state index in [4.69, 9.17) is 20.8 Å². The van der Waals surface area contributed by atoms with E-state index in [9.17, 15) is 4.79 Å². The third-order valence-electron chi connectivity index (χ3n) is 3.51. The lowest BCUT2D eigenvalue weighted by atomic mass is 10.1. The average Bonchev–Trinajstić information content (AvgIpc) is 3.13. The third-order valence-corrected chi connectivity index (χ3v) is 3.77. The van der Waals surface area contributed by atoms with Gasteiger partial charge in [-0.15, -0.1) is 0 Å². The molecule has 0 spiro atoms. The fraction of sp³-hybridized carbons (Fsp3) is 0.100. The van der Waals surface area contributed by atoms with E-state index in [1.54, 1.807) is 49.5 Å². The molecule has 3 rings (SSSR count). The van der Waals surface area contributed by atoms with Crippen LogP contribution in [0.5, 0.6) is 0 Å². The highest BCUT2D eigenvalue weighted by molar-refractivity contribution is 6.30. The summed E-state index contributed by atoms with van der Waals surface area (Å²) in [5, 5.41) is 4.80. The van der Waals surface area contributed by atoms with Crippen molar-refractivity contribution in [1.82, 2.24) is 0 Å². The Bertz CT molecular complexity index is 917. The monoisotopic (exact) mass is 368 g/mol. The Hall–Kier alpha value is -3.05. The van der Waals surface area contributed by atoms with Gasteiger partial charge in [0.15, 0.2) is 0 Å². The van der Waals surface area contributed by atoms with Gasteiger partial charge in [0.05, 0.1) is 24.1 Å². The van der Waals surface area contributed by atoms with Crippen molar-refractivity contribution in [3.63, 3.8) is 0 Å². The van der Waals surface area contributed by atoms with E-state index < -0.39 is 0 Å². The van der Waals surface area contributed by atoms with Gasteiger partial charge >= 0.3 is 5.97 Å². The van der Waals surface area contributed by atoms with E-state index in [0.29, 0.717) is 28.7 Å². The largest absolute Gasteiger partial charge is 0.462 e. The van der Waals surface area contributed by atoms with Gasteiger partial charge in [-0.2, -0.15) is 5.10 Å². The van der Waals surface area contributed by atoms with Gasteiger partial charge in [-0.25, -0.2) is 4.79 Å². The predicted molar refractivity (Wildman–Crippen MR) is 103 cm³/mol. The van der Waals surface area contributed by atoms with Gasteiger partial charge in [-0.05, 0) is 55.5 Å². The second-order valence-corrected chi connectivity index (χ2v) is 5.82. The van der Waals surface area contributed by atoms with Crippen LogP contribution in [0.2, 0.25) is 5.02 Å². The van der Waals surface area contributed by atoms with Crippen molar-refractivity contribution in [2.45, 2.75) is 6.92 Å². The molecule has 0 saturated carbocycles. The van der Waals surface area contributed by atoms with Gasteiger partial charge in [0, 0.05) is 10.6 Å². The number of hydrogen-bond donors (Lipinski definition) is 1. The zero-order chi connectivity index (χ0) is 18.4. The highest BCUT2D eigenvalue weighted by Crippen LogP contribution is 2.23. The van der Waals surface area contributed by atoms with Crippen molar-refractivity contribution in [2.24, 2.45) is 5.10 Å². The summed E-state index contributed by atoms with van der Waals surface area (Å²) in [6.07, 6.45) is 1.58. The van der Waals surface area contributed by atoms with Gasteiger partial charge in [0.25, 0.3) is 0 Å². The molecule has 6 heteroatoms. The first-order valence-corrected chi connectivity index (χ1v) is 8.45. The van der Waals surface area contributed by atoms with Crippen LogP contribution in [0.4, 0.5) is 5.69 Å². The van der Waals surface area contributed by atoms with E-state index in [0.717, 1.165) is 11.3 Å². The number of rotatable bonds is 6. The smallest absolute Gasteiger partial charge is 0.338 e. The summed E-state index contributed by atoms with van der Waals surface area (Å²) in [4.78, 5) is 11.8. The lowest BCUT2D eigenvalue weighted by Crippen LogP contribution is -2.04. The fourth-order valence-corrected chi connectivity index (χ4v) is 2.41. The van der Waals surface area contributed by atoms with Gasteiger partial charge in [-0.1, -0.05) is 23.7 Å². The highest BCUT2D eigenvalue weighted by Gasteiger charge is 2.09. The van der Waals surface area contributed by atoms with Crippen LogP contribution in [-0.4, -0.2) is 18.8 Å². The minimum Gasteiger partial charge on any atom is -0.462 e. The molecule has 0 unspecified atom stereocenters. The fourth-order valence-electron chi connectivity index (χ4n) is 2.29. The molecule has 0 aliphatic carbocycles. The minimum atomic E-state index is -0.352. The maximum Gasteiger partial charge on any atom is 0.338 e. The molecule has 0 atom stereocenters. The normalized spacial score (nSPS) is 10.8. The van der Waals surface area contributed by atoms with E-state index in [1.165, 1.54) is 0 Å². The minimum absolute atomic E-state index is 0.338. The number of hydrazone groups is 1. The molecule has 0 aliphatic heterocycles. The average molecular weight is 369 g/mol. The maximum atomic E-state index is 11.8. The molecular formula is C20H17ClN2O3. The number of ether oxygens (including phenoxy) is 1. The SMILES string of the molecule is CCOC(=O)c1cccc(-c2ccc(/C=N/Nc3ccc(Cl)cc3)o2)c1. The molecule has 3 aromatic rings.